The van der Waals surface area contributed by atoms with Crippen molar-refractivity contribution in [3.05, 3.63) is 29.8 Å². The first-order chi connectivity index (χ1) is 7.83. The minimum absolute atomic E-state index is 0.0971. The van der Waals surface area contributed by atoms with Gasteiger partial charge in [-0.1, -0.05) is 18.2 Å². The third kappa shape index (κ3) is 2.31. The van der Waals surface area contributed by atoms with Crippen molar-refractivity contribution in [2.24, 2.45) is 0 Å². The van der Waals surface area contributed by atoms with E-state index in [4.69, 9.17) is 0 Å². The highest BCUT2D eigenvalue weighted by Gasteiger charge is 2.27. The van der Waals surface area contributed by atoms with Gasteiger partial charge in [0.1, 0.15) is 5.78 Å². The molecule has 0 spiro atoms. The molecular weight excluding hydrogens is 216 g/mol. The third-order valence-electron chi connectivity index (χ3n) is 2.76. The second-order valence-electron chi connectivity index (χ2n) is 3.79. The van der Waals surface area contributed by atoms with Gasteiger partial charge in [0, 0.05) is 23.5 Å². The van der Waals surface area contributed by atoms with Crippen LogP contribution in [-0.2, 0) is 4.79 Å². The summed E-state index contributed by atoms with van der Waals surface area (Å²) < 4.78 is 0. The molecule has 0 aromatic heterocycles. The van der Waals surface area contributed by atoms with Crippen molar-refractivity contribution >= 4 is 17.5 Å². The fraction of sp³-hybridized carbons (Fsp3) is 0.357. The predicted octanol–water partition coefficient (Wildman–Crippen LogP) is 3.25. The summed E-state index contributed by atoms with van der Waals surface area (Å²) in [5, 5.41) is 0. The third-order valence-corrected chi connectivity index (χ3v) is 3.94. The van der Waals surface area contributed by atoms with Gasteiger partial charge in [0.05, 0.1) is 5.92 Å². The van der Waals surface area contributed by atoms with Gasteiger partial charge < -0.3 is 0 Å². The number of hydrogen-bond donors (Lipinski definition) is 0. The van der Waals surface area contributed by atoms with Crippen LogP contribution in [0.5, 0.6) is 0 Å². The number of hydrogen-bond acceptors (Lipinski definition) is 2. The van der Waals surface area contributed by atoms with Gasteiger partial charge in [-0.15, -0.1) is 23.6 Å². The first-order valence-electron chi connectivity index (χ1n) is 5.47. The molecule has 0 radical (unpaired) electrons. The van der Waals surface area contributed by atoms with Gasteiger partial charge in [-0.2, -0.15) is 0 Å². The minimum Gasteiger partial charge on any atom is -0.299 e. The molecule has 2 heteroatoms. The van der Waals surface area contributed by atoms with Gasteiger partial charge in [-0.3, -0.25) is 4.79 Å². The van der Waals surface area contributed by atoms with Gasteiger partial charge in [-0.25, -0.2) is 0 Å². The quantitative estimate of drug-likeness (QED) is 0.741. The molecule has 82 valence electrons. The van der Waals surface area contributed by atoms with E-state index in [1.54, 1.807) is 11.8 Å². The Bertz CT molecular complexity index is 453. The molecule has 2 rings (SSSR count). The molecule has 1 atom stereocenters. The van der Waals surface area contributed by atoms with Crippen molar-refractivity contribution in [1.82, 2.24) is 0 Å². The van der Waals surface area contributed by atoms with E-state index in [0.717, 1.165) is 5.75 Å². The number of carbonyl (C=O) groups is 1. The van der Waals surface area contributed by atoms with Crippen LogP contribution in [0.2, 0.25) is 0 Å². The van der Waals surface area contributed by atoms with Crippen molar-refractivity contribution in [1.29, 1.82) is 0 Å². The van der Waals surface area contributed by atoms with Crippen molar-refractivity contribution in [3.8, 4) is 11.8 Å². The Hall–Kier alpha value is -1.20. The fourth-order valence-corrected chi connectivity index (χ4v) is 3.18. The molecule has 0 fully saturated rings. The lowest BCUT2D eigenvalue weighted by Gasteiger charge is -2.07. The zero-order chi connectivity index (χ0) is 11.4. The maximum atomic E-state index is 12.0. The van der Waals surface area contributed by atoms with E-state index in [9.17, 15) is 4.79 Å². The van der Waals surface area contributed by atoms with Crippen LogP contribution in [0, 0.1) is 11.8 Å². The number of ketones is 1. The number of carbonyl (C=O) groups excluding carboxylic acids is 1. The van der Waals surface area contributed by atoms with Crippen molar-refractivity contribution in [2.45, 2.75) is 30.6 Å². The Morgan fingerprint density at radius 2 is 2.31 bits per heavy atom. The molecule has 1 aliphatic rings. The molecule has 1 aliphatic heterocycles. The molecular formula is C14H14OS. The zero-order valence-corrected chi connectivity index (χ0v) is 10.1. The smallest absolute Gasteiger partial charge is 0.142 e. The highest BCUT2D eigenvalue weighted by Crippen LogP contribution is 2.40. The molecule has 1 aromatic carbocycles. The largest absolute Gasteiger partial charge is 0.299 e. The minimum atomic E-state index is 0.0971. The van der Waals surface area contributed by atoms with Gasteiger partial charge >= 0.3 is 0 Å². The summed E-state index contributed by atoms with van der Waals surface area (Å²) >= 11 is 1.79. The average Bonchev–Trinajstić information content (AvgIpc) is 2.73. The van der Waals surface area contributed by atoms with E-state index in [1.807, 2.05) is 19.1 Å². The van der Waals surface area contributed by atoms with Gasteiger partial charge in [-0.05, 0) is 18.6 Å². The molecule has 1 heterocycles. The van der Waals surface area contributed by atoms with E-state index in [1.165, 1.54) is 10.5 Å². The summed E-state index contributed by atoms with van der Waals surface area (Å²) in [5.74, 6) is 7.11. The van der Waals surface area contributed by atoms with Crippen LogP contribution in [0.15, 0.2) is 29.2 Å². The van der Waals surface area contributed by atoms with Gasteiger partial charge in [0.2, 0.25) is 0 Å². The lowest BCUT2D eigenvalue weighted by Crippen LogP contribution is -2.11. The maximum absolute atomic E-state index is 12.0. The normalized spacial score (nSPS) is 17.4. The molecule has 1 unspecified atom stereocenters. The Morgan fingerprint density at radius 1 is 1.50 bits per heavy atom. The van der Waals surface area contributed by atoms with E-state index in [0.29, 0.717) is 18.6 Å². The number of thioether (sulfide) groups is 1. The first kappa shape index (κ1) is 11.3. The van der Waals surface area contributed by atoms with Gasteiger partial charge in [0.25, 0.3) is 0 Å². The van der Waals surface area contributed by atoms with E-state index in [-0.39, 0.29) is 5.92 Å². The SMILES string of the molecule is CC#CCCC(=O)C1CSc2ccccc21. The molecule has 1 nitrogen and oxygen atoms in total. The number of rotatable bonds is 3. The molecule has 0 N–H and O–H groups in total. The lowest BCUT2D eigenvalue weighted by molar-refractivity contribution is -0.119. The molecule has 1 aromatic rings. The average molecular weight is 230 g/mol. The first-order valence-corrected chi connectivity index (χ1v) is 6.45. The van der Waals surface area contributed by atoms with Crippen LogP contribution in [0.4, 0.5) is 0 Å². The predicted molar refractivity (Wildman–Crippen MR) is 67.6 cm³/mol. The second kappa shape index (κ2) is 5.23. The van der Waals surface area contributed by atoms with Crippen LogP contribution in [-0.4, -0.2) is 11.5 Å². The molecule has 0 saturated carbocycles. The number of benzene rings is 1. The highest BCUT2D eigenvalue weighted by molar-refractivity contribution is 7.99. The molecule has 0 bridgehead atoms. The summed E-state index contributed by atoms with van der Waals surface area (Å²) in [7, 11) is 0. The highest BCUT2D eigenvalue weighted by atomic mass is 32.2. The zero-order valence-electron chi connectivity index (χ0n) is 9.32. The standard InChI is InChI=1S/C14H14OS/c1-2-3-4-8-13(15)12-10-16-14-9-6-5-7-11(12)14/h5-7,9,12H,4,8,10H2,1H3. The number of Topliss-reactive ketones (excluding diaryl/α,β-unsaturated/α-hetero) is 1. The Balaban J connectivity index is 2.06. The molecule has 0 saturated heterocycles. The van der Waals surface area contributed by atoms with Crippen LogP contribution in [0.1, 0.15) is 31.2 Å². The fourth-order valence-electron chi connectivity index (χ4n) is 1.91. The Labute approximate surface area is 101 Å². The molecule has 16 heavy (non-hydrogen) atoms. The van der Waals surface area contributed by atoms with E-state index < -0.39 is 0 Å². The number of fused-ring (bicyclic) bond motifs is 1. The van der Waals surface area contributed by atoms with Crippen LogP contribution in [0.25, 0.3) is 0 Å². The van der Waals surface area contributed by atoms with E-state index >= 15 is 0 Å². The summed E-state index contributed by atoms with van der Waals surface area (Å²) in [6.45, 7) is 1.81. The summed E-state index contributed by atoms with van der Waals surface area (Å²) in [4.78, 5) is 13.3. The maximum Gasteiger partial charge on any atom is 0.142 e. The summed E-state index contributed by atoms with van der Waals surface area (Å²) in [6, 6.07) is 8.21. The lowest BCUT2D eigenvalue weighted by atomic mass is 9.94. The van der Waals surface area contributed by atoms with Crippen molar-refractivity contribution in [3.63, 3.8) is 0 Å². The van der Waals surface area contributed by atoms with Crippen molar-refractivity contribution in [2.75, 3.05) is 5.75 Å². The molecule has 0 amide bonds. The Kier molecular flexibility index (Phi) is 3.69. The monoisotopic (exact) mass is 230 g/mol. The van der Waals surface area contributed by atoms with E-state index in [2.05, 4.69) is 24.0 Å². The van der Waals surface area contributed by atoms with Crippen LogP contribution < -0.4 is 0 Å². The van der Waals surface area contributed by atoms with Gasteiger partial charge in [0.15, 0.2) is 0 Å². The van der Waals surface area contributed by atoms with Crippen LogP contribution in [0.3, 0.4) is 0 Å². The molecule has 0 aliphatic carbocycles. The van der Waals surface area contributed by atoms with Crippen LogP contribution >= 0.6 is 11.8 Å². The summed E-state index contributed by atoms with van der Waals surface area (Å²) in [5.41, 5.74) is 1.21. The topological polar surface area (TPSA) is 17.1 Å². The second-order valence-corrected chi connectivity index (χ2v) is 4.86. The van der Waals surface area contributed by atoms with Crippen molar-refractivity contribution < 1.29 is 4.79 Å². The summed E-state index contributed by atoms with van der Waals surface area (Å²) in [6.07, 6.45) is 1.28. The Morgan fingerprint density at radius 3 is 3.12 bits per heavy atom.